The summed E-state index contributed by atoms with van der Waals surface area (Å²) >= 11 is 0. The molecule has 2 fully saturated rings. The van der Waals surface area contributed by atoms with E-state index < -0.39 is 65.7 Å². The summed E-state index contributed by atoms with van der Waals surface area (Å²) in [5.41, 5.74) is 12.9. The predicted molar refractivity (Wildman–Crippen MR) is 141 cm³/mol. The van der Waals surface area contributed by atoms with Gasteiger partial charge in [0, 0.05) is 12.8 Å². The number of nitrogens with two attached hydrogens (primary N) is 2. The highest BCUT2D eigenvalue weighted by atomic mass is 31.3. The van der Waals surface area contributed by atoms with E-state index in [1.54, 1.807) is 0 Å². The van der Waals surface area contributed by atoms with Crippen molar-refractivity contribution in [3.05, 3.63) is 25.3 Å². The molecule has 2 aliphatic rings. The topological polar surface area (TPSA) is 300 Å². The molecular weight excluding hydrogens is 618 g/mol. The average molecular weight is 644 g/mol. The van der Waals surface area contributed by atoms with Crippen LogP contribution in [0.3, 0.4) is 0 Å². The van der Waals surface area contributed by atoms with Gasteiger partial charge in [-0.1, -0.05) is 0 Å². The Bertz CT molecular complexity index is 1610. The summed E-state index contributed by atoms with van der Waals surface area (Å²) in [6.07, 6.45) is -0.747. The molecule has 0 bridgehead atoms. The third-order valence-corrected chi connectivity index (χ3v) is 9.41. The number of nitrogens with zero attached hydrogens (tertiary/aromatic N) is 8. The molecule has 0 aliphatic carbocycles. The molecule has 8 N–H and O–H groups in total. The Morgan fingerprint density at radius 3 is 1.60 bits per heavy atom. The first-order valence-electron chi connectivity index (χ1n) is 12.6. The maximum atomic E-state index is 12.4. The summed E-state index contributed by atoms with van der Waals surface area (Å²) in [4.78, 5) is 44.3. The van der Waals surface area contributed by atoms with Crippen molar-refractivity contribution in [2.75, 3.05) is 24.7 Å². The van der Waals surface area contributed by atoms with Gasteiger partial charge in [0.15, 0.2) is 22.9 Å². The summed E-state index contributed by atoms with van der Waals surface area (Å²) < 4.78 is 53.3. The van der Waals surface area contributed by atoms with Crippen LogP contribution in [-0.2, 0) is 32.0 Å². The zero-order chi connectivity index (χ0) is 30.5. The normalized spacial score (nSPS) is 28.8. The first kappa shape index (κ1) is 29.9. The van der Waals surface area contributed by atoms with Crippen molar-refractivity contribution in [3.8, 4) is 0 Å². The Morgan fingerprint density at radius 1 is 0.767 bits per heavy atom. The van der Waals surface area contributed by atoms with Crippen molar-refractivity contribution in [1.82, 2.24) is 39.0 Å². The first-order valence-corrected chi connectivity index (χ1v) is 15.6. The van der Waals surface area contributed by atoms with Crippen molar-refractivity contribution in [2.24, 2.45) is 0 Å². The largest absolute Gasteiger partial charge is 0.481 e. The van der Waals surface area contributed by atoms with Crippen molar-refractivity contribution in [1.29, 1.82) is 0 Å². The van der Waals surface area contributed by atoms with Crippen LogP contribution in [-0.4, -0.2) is 96.7 Å². The first-order chi connectivity index (χ1) is 20.4. The van der Waals surface area contributed by atoms with Gasteiger partial charge in [-0.15, -0.1) is 0 Å². The summed E-state index contributed by atoms with van der Waals surface area (Å²) in [5, 5.41) is 20.8. The maximum absolute atomic E-state index is 12.4. The van der Waals surface area contributed by atoms with Crippen LogP contribution in [0.1, 0.15) is 25.3 Å². The minimum atomic E-state index is -5.21. The zero-order valence-electron chi connectivity index (χ0n) is 21.9. The number of aliphatic hydroxyl groups is 2. The van der Waals surface area contributed by atoms with Crippen LogP contribution < -0.4 is 11.5 Å². The number of nitrogen functional groups attached to an aromatic ring is 2. The number of anilines is 2. The molecule has 8 atom stereocenters. The van der Waals surface area contributed by atoms with Crippen LogP contribution in [0.4, 0.5) is 11.6 Å². The van der Waals surface area contributed by atoms with Gasteiger partial charge in [0.05, 0.1) is 38.1 Å². The number of phosphoric ester groups is 2. The molecule has 0 saturated carbocycles. The van der Waals surface area contributed by atoms with Gasteiger partial charge >= 0.3 is 15.6 Å². The molecule has 232 valence electrons. The fourth-order valence-corrected chi connectivity index (χ4v) is 6.84. The van der Waals surface area contributed by atoms with Crippen molar-refractivity contribution in [3.63, 3.8) is 0 Å². The van der Waals surface area contributed by atoms with Gasteiger partial charge in [0.2, 0.25) is 0 Å². The molecule has 43 heavy (non-hydrogen) atoms. The standard InChI is InChI=1S/C20H26N10O11P2/c21-17-15-19(25-5-23-17)29(7-27-15)13-1-9(31)11(39-13)3-37-42(33,34)41-43(35,36)38-4-12-10(32)2-14(40-12)30-8-28-16-18(22)24-6-26-20(16)30/h5-14,31-32H,1-4H2,(H,33,34)(H,35,36)(H2,21,23,25)(H2,22,24,26)/t9-,10-,11+,12+,13+,14+/m0/s1. The number of imidazole rings is 2. The number of aromatic nitrogens is 8. The van der Waals surface area contributed by atoms with E-state index in [1.807, 2.05) is 0 Å². The fraction of sp³-hybridized carbons (Fsp3) is 0.500. The number of ether oxygens (including phenoxy) is 2. The molecule has 0 aromatic carbocycles. The lowest BCUT2D eigenvalue weighted by Crippen LogP contribution is -2.26. The highest BCUT2D eigenvalue weighted by Gasteiger charge is 2.42. The van der Waals surface area contributed by atoms with Gasteiger partial charge in [-0.2, -0.15) is 4.31 Å². The molecular formula is C20H26N10O11P2. The van der Waals surface area contributed by atoms with Gasteiger partial charge < -0.3 is 40.9 Å². The monoisotopic (exact) mass is 644 g/mol. The molecule has 0 radical (unpaired) electrons. The number of hydrogen-bond donors (Lipinski definition) is 6. The summed E-state index contributed by atoms with van der Waals surface area (Å²) in [6, 6.07) is 0. The molecule has 4 aromatic rings. The zero-order valence-corrected chi connectivity index (χ0v) is 23.7. The Labute approximate surface area is 240 Å². The van der Waals surface area contributed by atoms with E-state index in [2.05, 4.69) is 34.2 Å². The van der Waals surface area contributed by atoms with E-state index in [1.165, 1.54) is 34.4 Å². The molecule has 0 amide bonds. The summed E-state index contributed by atoms with van der Waals surface area (Å²) in [7, 11) is -10.4. The summed E-state index contributed by atoms with van der Waals surface area (Å²) in [5.74, 6) is 0.301. The van der Waals surface area contributed by atoms with E-state index in [0.29, 0.717) is 22.3 Å². The van der Waals surface area contributed by atoms with Crippen LogP contribution in [0.25, 0.3) is 22.3 Å². The third-order valence-electron chi connectivity index (χ3n) is 6.81. The number of phosphoric acid groups is 2. The van der Waals surface area contributed by atoms with Crippen LogP contribution in [0.15, 0.2) is 25.3 Å². The lowest BCUT2D eigenvalue weighted by Gasteiger charge is -2.21. The van der Waals surface area contributed by atoms with E-state index in [9.17, 15) is 29.1 Å². The second-order valence-corrected chi connectivity index (χ2v) is 12.7. The second-order valence-electron chi connectivity index (χ2n) is 9.64. The highest BCUT2D eigenvalue weighted by molar-refractivity contribution is 7.61. The smallest absolute Gasteiger partial charge is 0.390 e. The van der Waals surface area contributed by atoms with Gasteiger partial charge in [-0.25, -0.2) is 39.0 Å². The van der Waals surface area contributed by atoms with Crippen LogP contribution in [0.2, 0.25) is 0 Å². The molecule has 4 aromatic heterocycles. The molecule has 6 heterocycles. The number of aliphatic hydroxyl groups excluding tert-OH is 2. The molecule has 21 nitrogen and oxygen atoms in total. The van der Waals surface area contributed by atoms with Gasteiger partial charge in [0.1, 0.15) is 48.4 Å². The Morgan fingerprint density at radius 2 is 1.19 bits per heavy atom. The van der Waals surface area contributed by atoms with E-state index in [4.69, 9.17) is 30.0 Å². The maximum Gasteiger partial charge on any atom is 0.481 e. The predicted octanol–water partition coefficient (Wildman–Crippen LogP) is -0.622. The third kappa shape index (κ3) is 6.10. The minimum absolute atomic E-state index is 0.0432. The van der Waals surface area contributed by atoms with E-state index in [-0.39, 0.29) is 24.5 Å². The van der Waals surface area contributed by atoms with Gasteiger partial charge in [-0.05, 0) is 0 Å². The number of fused-ring (bicyclic) bond motifs is 2. The SMILES string of the molecule is Nc1ncnc2c1ncn2[C@H]1C[C@H](O)[C@@H](COP(=O)(O)OP(=O)(O)OC[C@H]2O[C@@H](n3cnc4c(N)ncnc43)C[C@@H]2O)O1. The molecule has 2 saturated heterocycles. The molecule has 2 aliphatic heterocycles. The van der Waals surface area contributed by atoms with Gasteiger partial charge in [0.25, 0.3) is 0 Å². The Balaban J connectivity index is 1.01. The minimum Gasteiger partial charge on any atom is -0.390 e. The lowest BCUT2D eigenvalue weighted by molar-refractivity contribution is -0.0461. The van der Waals surface area contributed by atoms with Crippen LogP contribution in [0, 0.1) is 0 Å². The highest BCUT2D eigenvalue weighted by Crippen LogP contribution is 2.60. The molecule has 23 heteroatoms. The number of rotatable bonds is 10. The lowest BCUT2D eigenvalue weighted by atomic mass is 10.2. The fourth-order valence-electron chi connectivity index (χ4n) is 4.75. The average Bonchev–Trinajstić information content (AvgIpc) is 3.71. The van der Waals surface area contributed by atoms with Crippen molar-refractivity contribution >= 4 is 49.6 Å². The van der Waals surface area contributed by atoms with Gasteiger partial charge in [-0.3, -0.25) is 18.2 Å². The van der Waals surface area contributed by atoms with Crippen molar-refractivity contribution in [2.45, 2.75) is 49.7 Å². The van der Waals surface area contributed by atoms with Crippen LogP contribution in [0.5, 0.6) is 0 Å². The van der Waals surface area contributed by atoms with Crippen molar-refractivity contribution < 1.29 is 52.0 Å². The molecule has 2 unspecified atom stereocenters. The van der Waals surface area contributed by atoms with E-state index >= 15 is 0 Å². The quantitative estimate of drug-likeness (QED) is 0.117. The Kier molecular flexibility index (Phi) is 7.90. The molecule has 6 rings (SSSR count). The summed E-state index contributed by atoms with van der Waals surface area (Å²) in [6.45, 7) is -1.37. The Hall–Kier alpha value is -3.20. The number of hydrogen-bond acceptors (Lipinski definition) is 17. The van der Waals surface area contributed by atoms with E-state index in [0.717, 1.165) is 0 Å². The van der Waals surface area contributed by atoms with Crippen LogP contribution >= 0.6 is 15.6 Å². The second kappa shape index (κ2) is 11.4. The molecule has 0 spiro atoms.